The van der Waals surface area contributed by atoms with Gasteiger partial charge in [0.1, 0.15) is 16.4 Å². The third kappa shape index (κ3) is 3.84. The molecule has 0 amide bonds. The molecule has 2 rings (SSSR count). The first-order valence-electron chi connectivity index (χ1n) is 6.49. The van der Waals surface area contributed by atoms with Gasteiger partial charge in [0, 0.05) is 18.7 Å². The zero-order valence-corrected chi connectivity index (χ0v) is 13.1. The number of morpholine rings is 1. The van der Waals surface area contributed by atoms with Crippen molar-refractivity contribution in [2.24, 2.45) is 0 Å². The van der Waals surface area contributed by atoms with Crippen LogP contribution in [0.4, 0.5) is 8.78 Å². The van der Waals surface area contributed by atoms with E-state index < -0.39 is 25.2 Å². The lowest BCUT2D eigenvalue weighted by Crippen LogP contribution is -2.56. The van der Waals surface area contributed by atoms with Crippen molar-refractivity contribution < 1.29 is 18.5 Å². The lowest BCUT2D eigenvalue weighted by atomic mass is 9.83. The minimum atomic E-state index is -3.29. The van der Waals surface area contributed by atoms with Crippen molar-refractivity contribution in [2.45, 2.75) is 31.9 Å². The Morgan fingerprint density at radius 2 is 1.95 bits per heavy atom. The van der Waals surface area contributed by atoms with E-state index in [-0.39, 0.29) is 22.4 Å². The van der Waals surface area contributed by atoms with Gasteiger partial charge in [-0.1, -0.05) is 23.2 Å². The Balaban J connectivity index is 2.28. The van der Waals surface area contributed by atoms with Crippen molar-refractivity contribution in [2.75, 3.05) is 13.1 Å². The number of hydrogen-bond donors (Lipinski definition) is 1. The number of halogens is 4. The van der Waals surface area contributed by atoms with Gasteiger partial charge in [0.25, 0.3) is 5.92 Å². The van der Waals surface area contributed by atoms with E-state index in [2.05, 4.69) is 4.98 Å². The van der Waals surface area contributed by atoms with Gasteiger partial charge in [-0.2, -0.15) is 8.78 Å². The van der Waals surface area contributed by atoms with Crippen LogP contribution in [-0.2, 0) is 10.7 Å². The quantitative estimate of drug-likeness (QED) is 0.680. The van der Waals surface area contributed by atoms with Crippen molar-refractivity contribution in [1.29, 1.82) is 0 Å². The van der Waals surface area contributed by atoms with Gasteiger partial charge in [0.2, 0.25) is 0 Å². The predicted octanol–water partition coefficient (Wildman–Crippen LogP) is 2.68. The van der Waals surface area contributed by atoms with Gasteiger partial charge in [0.15, 0.2) is 0 Å². The van der Waals surface area contributed by atoms with E-state index in [0.717, 1.165) is 12.1 Å². The first kappa shape index (κ1) is 16.9. The molecule has 0 saturated carbocycles. The SMILES string of the molecule is CB(O)N1CC(C(F)(F)c2cc(Cl)nc(Cl)c2)O[C@@H](C)C1. The summed E-state index contributed by atoms with van der Waals surface area (Å²) in [5.41, 5.74) is -0.350. The van der Waals surface area contributed by atoms with Crippen molar-refractivity contribution in [3.8, 4) is 0 Å². The number of pyridine rings is 1. The molecule has 1 N–H and O–H groups in total. The fraction of sp³-hybridized carbons (Fsp3) is 0.583. The van der Waals surface area contributed by atoms with Gasteiger partial charge < -0.3 is 14.6 Å². The zero-order valence-electron chi connectivity index (χ0n) is 11.6. The number of nitrogens with zero attached hydrogens (tertiary/aromatic N) is 2. The molecule has 116 valence electrons. The van der Waals surface area contributed by atoms with Gasteiger partial charge in [-0.3, -0.25) is 0 Å². The highest BCUT2D eigenvalue weighted by Crippen LogP contribution is 2.37. The second kappa shape index (κ2) is 6.34. The maximum Gasteiger partial charge on any atom is 0.376 e. The Kier molecular flexibility index (Phi) is 5.10. The lowest BCUT2D eigenvalue weighted by Gasteiger charge is -2.40. The van der Waals surface area contributed by atoms with Crippen LogP contribution in [0.3, 0.4) is 0 Å². The van der Waals surface area contributed by atoms with Crippen LogP contribution in [0.25, 0.3) is 0 Å². The summed E-state index contributed by atoms with van der Waals surface area (Å²) in [6.07, 6.45) is -1.82. The average Bonchev–Trinajstić information content (AvgIpc) is 2.36. The van der Waals surface area contributed by atoms with E-state index in [1.54, 1.807) is 6.92 Å². The molecule has 0 radical (unpaired) electrons. The molecule has 9 heteroatoms. The molecule has 2 heterocycles. The number of alkyl halides is 2. The van der Waals surface area contributed by atoms with Gasteiger partial charge in [-0.05, 0) is 25.9 Å². The highest BCUT2D eigenvalue weighted by Gasteiger charge is 2.47. The maximum atomic E-state index is 14.6. The second-order valence-electron chi connectivity index (χ2n) is 5.15. The molecule has 0 bridgehead atoms. The molecule has 1 saturated heterocycles. The topological polar surface area (TPSA) is 45.6 Å². The van der Waals surface area contributed by atoms with Crippen LogP contribution in [0.5, 0.6) is 0 Å². The fourth-order valence-electron chi connectivity index (χ4n) is 2.33. The summed E-state index contributed by atoms with van der Waals surface area (Å²) < 4.78 is 34.6. The highest BCUT2D eigenvalue weighted by atomic mass is 35.5. The smallest absolute Gasteiger partial charge is 0.376 e. The van der Waals surface area contributed by atoms with Crippen LogP contribution in [-0.4, -0.2) is 47.2 Å². The van der Waals surface area contributed by atoms with Crippen LogP contribution in [0, 0.1) is 0 Å². The molecule has 0 aliphatic carbocycles. The first-order valence-corrected chi connectivity index (χ1v) is 7.24. The number of rotatable bonds is 3. The predicted molar refractivity (Wildman–Crippen MR) is 77.9 cm³/mol. The summed E-state index contributed by atoms with van der Waals surface area (Å²) in [7, 11) is -0.820. The summed E-state index contributed by atoms with van der Waals surface area (Å²) in [5, 5.41) is 9.40. The molecular weight excluding hydrogens is 324 g/mol. The lowest BCUT2D eigenvalue weighted by molar-refractivity contribution is -0.186. The standard InChI is InChI=1S/C12H15BCl2F2N2O2/c1-7-5-19(13(2)20)6-9(21-7)12(16,17)8-3-10(14)18-11(15)4-8/h3-4,7,9,20H,5-6H2,1-2H3/t7-,9?/m0/s1. The van der Waals surface area contributed by atoms with E-state index in [4.69, 9.17) is 27.9 Å². The van der Waals surface area contributed by atoms with Gasteiger partial charge in [-0.15, -0.1) is 0 Å². The Morgan fingerprint density at radius 3 is 2.48 bits per heavy atom. The fourth-order valence-corrected chi connectivity index (χ4v) is 2.79. The Hall–Kier alpha value is -0.465. The molecule has 4 nitrogen and oxygen atoms in total. The molecule has 0 aromatic carbocycles. The van der Waals surface area contributed by atoms with Crippen LogP contribution < -0.4 is 0 Å². The summed E-state index contributed by atoms with van der Waals surface area (Å²) >= 11 is 11.4. The second-order valence-corrected chi connectivity index (χ2v) is 5.92. The first-order chi connectivity index (χ1) is 9.70. The number of aromatic nitrogens is 1. The van der Waals surface area contributed by atoms with Gasteiger partial charge >= 0.3 is 7.05 Å². The molecule has 1 aromatic rings. The molecule has 2 atom stereocenters. The van der Waals surface area contributed by atoms with Gasteiger partial charge in [-0.25, -0.2) is 4.98 Å². The van der Waals surface area contributed by atoms with E-state index in [1.807, 2.05) is 0 Å². The largest absolute Gasteiger partial charge is 0.437 e. The number of ether oxygens (including phenoxy) is 1. The van der Waals surface area contributed by atoms with E-state index in [0.29, 0.717) is 6.54 Å². The van der Waals surface area contributed by atoms with E-state index >= 15 is 0 Å². The number of hydrogen-bond acceptors (Lipinski definition) is 4. The van der Waals surface area contributed by atoms with Gasteiger partial charge in [0.05, 0.1) is 6.10 Å². The molecule has 1 fully saturated rings. The normalized spacial score (nSPS) is 24.1. The van der Waals surface area contributed by atoms with Crippen molar-refractivity contribution >= 4 is 30.3 Å². The molecule has 0 spiro atoms. The third-order valence-corrected chi connectivity index (χ3v) is 3.76. The van der Waals surface area contributed by atoms with E-state index in [9.17, 15) is 13.8 Å². The van der Waals surface area contributed by atoms with Crippen molar-refractivity contribution in [1.82, 2.24) is 9.79 Å². The van der Waals surface area contributed by atoms with E-state index in [1.165, 1.54) is 11.6 Å². The summed E-state index contributed by atoms with van der Waals surface area (Å²) in [6.45, 7) is 3.52. The van der Waals surface area contributed by atoms with Crippen LogP contribution in [0.1, 0.15) is 12.5 Å². The highest BCUT2D eigenvalue weighted by molar-refractivity contribution is 6.45. The molecule has 1 unspecified atom stereocenters. The molecule has 21 heavy (non-hydrogen) atoms. The zero-order chi connectivity index (χ0) is 15.8. The van der Waals surface area contributed by atoms with Crippen molar-refractivity contribution in [3.63, 3.8) is 0 Å². The molecule has 1 aliphatic rings. The maximum absolute atomic E-state index is 14.6. The Bertz CT molecular complexity index is 502. The summed E-state index contributed by atoms with van der Waals surface area (Å²) in [6, 6.07) is 2.14. The summed E-state index contributed by atoms with van der Waals surface area (Å²) in [4.78, 5) is 5.20. The monoisotopic (exact) mass is 338 g/mol. The minimum absolute atomic E-state index is 0.0907. The molecule has 1 aliphatic heterocycles. The average molecular weight is 339 g/mol. The van der Waals surface area contributed by atoms with Crippen LogP contribution in [0.15, 0.2) is 12.1 Å². The summed E-state index contributed by atoms with van der Waals surface area (Å²) in [5.74, 6) is -3.29. The van der Waals surface area contributed by atoms with Crippen LogP contribution in [0.2, 0.25) is 17.1 Å². The van der Waals surface area contributed by atoms with Crippen LogP contribution >= 0.6 is 23.2 Å². The minimum Gasteiger partial charge on any atom is -0.437 e. The Labute approximate surface area is 132 Å². The molecule has 1 aromatic heterocycles. The Morgan fingerprint density at radius 1 is 1.38 bits per heavy atom. The van der Waals surface area contributed by atoms with Crippen molar-refractivity contribution in [3.05, 3.63) is 28.0 Å². The third-order valence-electron chi connectivity index (χ3n) is 3.37. The molecular formula is C12H15BCl2F2N2O2.